The third kappa shape index (κ3) is 4.82. The van der Waals surface area contributed by atoms with Crippen molar-refractivity contribution < 1.29 is 18.8 Å². The summed E-state index contributed by atoms with van der Waals surface area (Å²) in [5.74, 6) is -1.28. The molecule has 1 aliphatic rings. The SMILES string of the molecule is C=CC(=O)N(C)C(=O)Cc1c[nH]c2ncnc(-c3cc(F)cc(NC(=O)c4ccc(C5CC5)cc4)c3C)c12. The molecule has 2 heterocycles. The summed E-state index contributed by atoms with van der Waals surface area (Å²) in [6.07, 6.45) is 6.27. The summed E-state index contributed by atoms with van der Waals surface area (Å²) in [6.45, 7) is 5.18. The Bertz CT molecular complexity index is 1590. The summed E-state index contributed by atoms with van der Waals surface area (Å²) in [5.41, 5.74) is 4.47. The van der Waals surface area contributed by atoms with E-state index < -0.39 is 17.6 Å². The molecule has 1 saturated carbocycles. The number of amides is 3. The number of nitrogens with one attached hydrogen (secondary N) is 2. The Morgan fingerprint density at radius 3 is 2.61 bits per heavy atom. The van der Waals surface area contributed by atoms with E-state index in [2.05, 4.69) is 26.8 Å². The number of halogens is 1. The number of anilines is 1. The standard InChI is InChI=1S/C29H26FN5O3/c1-4-24(36)35(3)25(37)11-20-14-31-28-26(20)27(32-15-33-28)22-12-21(30)13-23(16(22)2)34-29(38)19-9-7-18(8-10-19)17-5-6-17/h4,7-10,12-15,17H,1,5-6,11H2,2-3H3,(H,34,38)(H,31,32,33). The van der Waals surface area contributed by atoms with Gasteiger partial charge in [0.25, 0.3) is 11.8 Å². The molecule has 2 aromatic heterocycles. The molecule has 1 fully saturated rings. The summed E-state index contributed by atoms with van der Waals surface area (Å²) >= 11 is 0. The highest BCUT2D eigenvalue weighted by atomic mass is 19.1. The van der Waals surface area contributed by atoms with Crippen LogP contribution in [0.25, 0.3) is 22.3 Å². The number of H-pyrrole nitrogens is 1. The lowest BCUT2D eigenvalue weighted by Crippen LogP contribution is -2.32. The van der Waals surface area contributed by atoms with Gasteiger partial charge in [0, 0.05) is 35.4 Å². The molecule has 0 aliphatic heterocycles. The average Bonchev–Trinajstić information content (AvgIpc) is 3.70. The number of fused-ring (bicyclic) bond motifs is 1. The highest BCUT2D eigenvalue weighted by Gasteiger charge is 2.24. The van der Waals surface area contributed by atoms with Gasteiger partial charge in [-0.25, -0.2) is 14.4 Å². The molecule has 0 spiro atoms. The van der Waals surface area contributed by atoms with E-state index in [0.29, 0.717) is 50.6 Å². The van der Waals surface area contributed by atoms with E-state index in [0.717, 1.165) is 11.0 Å². The molecule has 8 nitrogen and oxygen atoms in total. The van der Waals surface area contributed by atoms with Gasteiger partial charge in [0.15, 0.2) is 0 Å². The van der Waals surface area contributed by atoms with Crippen molar-refractivity contribution in [1.82, 2.24) is 19.9 Å². The first-order valence-corrected chi connectivity index (χ1v) is 12.2. The van der Waals surface area contributed by atoms with Crippen LogP contribution in [0.4, 0.5) is 10.1 Å². The predicted molar refractivity (Wildman–Crippen MR) is 142 cm³/mol. The van der Waals surface area contributed by atoms with Crippen LogP contribution in [0.15, 0.2) is 61.6 Å². The molecule has 2 aromatic carbocycles. The van der Waals surface area contributed by atoms with Crippen LogP contribution in [-0.2, 0) is 16.0 Å². The molecule has 9 heteroatoms. The van der Waals surface area contributed by atoms with Gasteiger partial charge < -0.3 is 10.3 Å². The first-order chi connectivity index (χ1) is 18.3. The van der Waals surface area contributed by atoms with Crippen LogP contribution in [-0.4, -0.2) is 44.6 Å². The van der Waals surface area contributed by atoms with E-state index in [1.165, 1.54) is 43.9 Å². The van der Waals surface area contributed by atoms with Crippen molar-refractivity contribution in [3.8, 4) is 11.3 Å². The van der Waals surface area contributed by atoms with E-state index in [9.17, 15) is 18.8 Å². The molecular weight excluding hydrogens is 485 g/mol. The second-order valence-electron chi connectivity index (χ2n) is 9.41. The maximum Gasteiger partial charge on any atom is 0.255 e. The second kappa shape index (κ2) is 10.0. The normalized spacial score (nSPS) is 12.8. The number of benzene rings is 2. The molecule has 0 atom stereocenters. The number of nitrogens with zero attached hydrogens (tertiary/aromatic N) is 3. The zero-order valence-corrected chi connectivity index (χ0v) is 21.0. The van der Waals surface area contributed by atoms with Gasteiger partial charge in [0.05, 0.1) is 12.1 Å². The Morgan fingerprint density at radius 1 is 1.18 bits per heavy atom. The quantitative estimate of drug-likeness (QED) is 0.343. The lowest BCUT2D eigenvalue weighted by atomic mass is 9.98. The van der Waals surface area contributed by atoms with E-state index in [-0.39, 0.29) is 12.3 Å². The van der Waals surface area contributed by atoms with Crippen LogP contribution in [0.3, 0.4) is 0 Å². The number of carbonyl (C=O) groups is 3. The van der Waals surface area contributed by atoms with Gasteiger partial charge in [0.2, 0.25) is 5.91 Å². The summed E-state index contributed by atoms with van der Waals surface area (Å²) in [6, 6.07) is 10.1. The van der Waals surface area contributed by atoms with E-state index in [1.807, 2.05) is 12.1 Å². The van der Waals surface area contributed by atoms with Crippen molar-refractivity contribution >= 4 is 34.4 Å². The van der Waals surface area contributed by atoms with Gasteiger partial charge in [0.1, 0.15) is 17.8 Å². The van der Waals surface area contributed by atoms with E-state index >= 15 is 0 Å². The highest BCUT2D eigenvalue weighted by molar-refractivity contribution is 6.06. The van der Waals surface area contributed by atoms with E-state index in [4.69, 9.17) is 0 Å². The van der Waals surface area contributed by atoms with E-state index in [1.54, 1.807) is 25.3 Å². The van der Waals surface area contributed by atoms with Crippen LogP contribution in [0.1, 0.15) is 45.8 Å². The maximum atomic E-state index is 14.9. The fourth-order valence-corrected chi connectivity index (χ4v) is 4.48. The number of rotatable bonds is 7. The maximum absolute atomic E-state index is 14.9. The van der Waals surface area contributed by atoms with Crippen LogP contribution in [0, 0.1) is 12.7 Å². The highest BCUT2D eigenvalue weighted by Crippen LogP contribution is 2.40. The largest absolute Gasteiger partial charge is 0.346 e. The van der Waals surface area contributed by atoms with Crippen molar-refractivity contribution in [3.05, 3.63) is 89.6 Å². The van der Waals surface area contributed by atoms with Crippen molar-refractivity contribution in [2.24, 2.45) is 0 Å². The lowest BCUT2D eigenvalue weighted by molar-refractivity contribution is -0.139. The summed E-state index contributed by atoms with van der Waals surface area (Å²) < 4.78 is 14.9. The van der Waals surface area contributed by atoms with Crippen LogP contribution in [0.5, 0.6) is 0 Å². The fourth-order valence-electron chi connectivity index (χ4n) is 4.48. The van der Waals surface area contributed by atoms with Gasteiger partial charge in [-0.2, -0.15) is 0 Å². The molecule has 5 rings (SSSR count). The molecule has 1 aliphatic carbocycles. The molecule has 2 N–H and O–H groups in total. The Morgan fingerprint density at radius 2 is 1.92 bits per heavy atom. The number of hydrogen-bond acceptors (Lipinski definition) is 5. The minimum atomic E-state index is -0.554. The first-order valence-electron chi connectivity index (χ1n) is 12.2. The number of likely N-dealkylation sites (N-methyl/N-ethyl adjacent to an activating group) is 1. The first kappa shape index (κ1) is 25.0. The van der Waals surface area contributed by atoms with Crippen molar-refractivity contribution in [2.45, 2.75) is 32.1 Å². The molecule has 3 amide bonds. The minimum absolute atomic E-state index is 0.106. The van der Waals surface area contributed by atoms with Crippen molar-refractivity contribution in [2.75, 3.05) is 12.4 Å². The average molecular weight is 512 g/mol. The molecule has 38 heavy (non-hydrogen) atoms. The van der Waals surface area contributed by atoms with Gasteiger partial charge >= 0.3 is 0 Å². The smallest absolute Gasteiger partial charge is 0.255 e. The lowest BCUT2D eigenvalue weighted by Gasteiger charge is -2.15. The van der Waals surface area contributed by atoms with Gasteiger partial charge in [-0.15, -0.1) is 0 Å². The van der Waals surface area contributed by atoms with Gasteiger partial charge in [-0.05, 0) is 72.7 Å². The number of imide groups is 1. The second-order valence-corrected chi connectivity index (χ2v) is 9.41. The molecule has 0 radical (unpaired) electrons. The van der Waals surface area contributed by atoms with Crippen LogP contribution < -0.4 is 5.32 Å². The Kier molecular flexibility index (Phi) is 6.59. The molecular formula is C29H26FN5O3. The topological polar surface area (TPSA) is 108 Å². The number of hydrogen-bond donors (Lipinski definition) is 2. The third-order valence-electron chi connectivity index (χ3n) is 6.87. The molecule has 192 valence electrons. The zero-order valence-electron chi connectivity index (χ0n) is 21.0. The molecule has 0 bridgehead atoms. The summed E-state index contributed by atoms with van der Waals surface area (Å²) in [7, 11) is 1.38. The summed E-state index contributed by atoms with van der Waals surface area (Å²) in [5, 5.41) is 3.36. The Hall–Kier alpha value is -4.66. The van der Waals surface area contributed by atoms with Crippen molar-refractivity contribution in [3.63, 3.8) is 0 Å². The van der Waals surface area contributed by atoms with Crippen LogP contribution >= 0.6 is 0 Å². The summed E-state index contributed by atoms with van der Waals surface area (Å²) in [4.78, 5) is 50.2. The predicted octanol–water partition coefficient (Wildman–Crippen LogP) is 4.92. The number of carbonyl (C=O) groups excluding carboxylic acids is 3. The zero-order chi connectivity index (χ0) is 27.0. The Balaban J connectivity index is 1.49. The Labute approximate surface area is 218 Å². The van der Waals surface area contributed by atoms with Gasteiger partial charge in [-0.1, -0.05) is 18.7 Å². The van der Waals surface area contributed by atoms with Crippen LogP contribution in [0.2, 0.25) is 0 Å². The third-order valence-corrected chi connectivity index (χ3v) is 6.87. The fraction of sp³-hybridized carbons (Fsp3) is 0.207. The molecule has 0 unspecified atom stereocenters. The number of aromatic amines is 1. The molecule has 0 saturated heterocycles. The monoisotopic (exact) mass is 511 g/mol. The van der Waals surface area contributed by atoms with Gasteiger partial charge in [-0.3, -0.25) is 19.3 Å². The number of aromatic nitrogens is 3. The minimum Gasteiger partial charge on any atom is -0.346 e. The van der Waals surface area contributed by atoms with Crippen molar-refractivity contribution in [1.29, 1.82) is 0 Å². The molecule has 4 aromatic rings.